The van der Waals surface area contributed by atoms with E-state index in [0.717, 1.165) is 48.3 Å². The molecule has 3 heteroatoms. The van der Waals surface area contributed by atoms with Crippen molar-refractivity contribution in [2.75, 3.05) is 13.2 Å². The van der Waals surface area contributed by atoms with Crippen molar-refractivity contribution in [3.8, 4) is 11.5 Å². The van der Waals surface area contributed by atoms with Crippen molar-refractivity contribution in [3.05, 3.63) is 71.8 Å². The van der Waals surface area contributed by atoms with E-state index in [1.54, 1.807) is 12.2 Å². The SMILES string of the molecule is CCCCOc1cccc(C=CC(=O)C=Cc2cccc(OCCCC)c2)c1. The predicted octanol–water partition coefficient (Wildman–Crippen LogP) is 6.34. The number of benzene rings is 2. The number of ketones is 1. The molecule has 2 aromatic carbocycles. The lowest BCUT2D eigenvalue weighted by Gasteiger charge is -2.05. The summed E-state index contributed by atoms with van der Waals surface area (Å²) in [6, 6.07) is 15.5. The molecule has 2 aromatic rings. The number of unbranched alkanes of at least 4 members (excludes halogenated alkanes) is 2. The van der Waals surface area contributed by atoms with Crippen LogP contribution < -0.4 is 9.47 Å². The second-order valence-corrected chi connectivity index (χ2v) is 6.62. The van der Waals surface area contributed by atoms with Gasteiger partial charge in [-0.1, -0.05) is 63.1 Å². The van der Waals surface area contributed by atoms with Crippen LogP contribution in [0.2, 0.25) is 0 Å². The first-order valence-electron chi connectivity index (χ1n) is 10.1. The van der Waals surface area contributed by atoms with E-state index in [4.69, 9.17) is 9.47 Å². The number of hydrogen-bond donors (Lipinski definition) is 0. The molecule has 0 heterocycles. The van der Waals surface area contributed by atoms with Crippen molar-refractivity contribution in [2.24, 2.45) is 0 Å². The summed E-state index contributed by atoms with van der Waals surface area (Å²) in [4.78, 5) is 12.1. The van der Waals surface area contributed by atoms with Crippen molar-refractivity contribution in [1.29, 1.82) is 0 Å². The fraction of sp³-hybridized carbons (Fsp3) is 0.320. The normalized spacial score (nSPS) is 11.2. The number of allylic oxidation sites excluding steroid dienone is 2. The molecule has 0 bridgehead atoms. The van der Waals surface area contributed by atoms with Gasteiger partial charge in [0.1, 0.15) is 11.5 Å². The van der Waals surface area contributed by atoms with Gasteiger partial charge in [-0.15, -0.1) is 0 Å². The van der Waals surface area contributed by atoms with Gasteiger partial charge in [0.05, 0.1) is 13.2 Å². The van der Waals surface area contributed by atoms with E-state index in [1.807, 2.05) is 60.7 Å². The van der Waals surface area contributed by atoms with Gasteiger partial charge in [0.25, 0.3) is 0 Å². The highest BCUT2D eigenvalue weighted by Crippen LogP contribution is 2.16. The van der Waals surface area contributed by atoms with Gasteiger partial charge in [0, 0.05) is 0 Å². The Morgan fingerprint density at radius 2 is 1.25 bits per heavy atom. The molecular weight excluding hydrogens is 348 g/mol. The van der Waals surface area contributed by atoms with E-state index in [9.17, 15) is 4.79 Å². The minimum absolute atomic E-state index is 0.0605. The Morgan fingerprint density at radius 1 is 0.786 bits per heavy atom. The van der Waals surface area contributed by atoms with Crippen LogP contribution in [0.3, 0.4) is 0 Å². The van der Waals surface area contributed by atoms with Crippen LogP contribution in [-0.2, 0) is 4.79 Å². The molecule has 0 saturated carbocycles. The zero-order valence-electron chi connectivity index (χ0n) is 16.9. The van der Waals surface area contributed by atoms with Gasteiger partial charge >= 0.3 is 0 Å². The lowest BCUT2D eigenvalue weighted by molar-refractivity contribution is -0.110. The molecule has 148 valence electrons. The number of ether oxygens (including phenoxy) is 2. The molecule has 0 aliphatic rings. The van der Waals surface area contributed by atoms with Crippen LogP contribution in [0, 0.1) is 0 Å². The topological polar surface area (TPSA) is 35.5 Å². The largest absolute Gasteiger partial charge is 0.494 e. The van der Waals surface area contributed by atoms with Crippen molar-refractivity contribution >= 4 is 17.9 Å². The first-order chi connectivity index (χ1) is 13.7. The van der Waals surface area contributed by atoms with Crippen LogP contribution in [0.15, 0.2) is 60.7 Å². The van der Waals surface area contributed by atoms with Crippen molar-refractivity contribution in [3.63, 3.8) is 0 Å². The molecule has 3 nitrogen and oxygen atoms in total. The zero-order valence-corrected chi connectivity index (χ0v) is 16.9. The molecule has 0 fully saturated rings. The molecule has 0 N–H and O–H groups in total. The average Bonchev–Trinajstić information content (AvgIpc) is 2.72. The first-order valence-corrected chi connectivity index (χ1v) is 10.1. The molecule has 0 unspecified atom stereocenters. The van der Waals surface area contributed by atoms with Crippen LogP contribution in [0.5, 0.6) is 11.5 Å². The zero-order chi connectivity index (χ0) is 20.0. The van der Waals surface area contributed by atoms with Gasteiger partial charge in [-0.05, 0) is 60.4 Å². The Kier molecular flexibility index (Phi) is 9.64. The molecule has 0 radical (unpaired) electrons. The van der Waals surface area contributed by atoms with E-state index in [2.05, 4.69) is 13.8 Å². The molecule has 0 amide bonds. The second-order valence-electron chi connectivity index (χ2n) is 6.62. The van der Waals surface area contributed by atoms with E-state index in [1.165, 1.54) is 0 Å². The fourth-order valence-corrected chi connectivity index (χ4v) is 2.50. The maximum absolute atomic E-state index is 12.1. The predicted molar refractivity (Wildman–Crippen MR) is 117 cm³/mol. The average molecular weight is 379 g/mol. The first kappa shape index (κ1) is 21.5. The van der Waals surface area contributed by atoms with Gasteiger partial charge < -0.3 is 9.47 Å². The summed E-state index contributed by atoms with van der Waals surface area (Å²) >= 11 is 0. The quantitative estimate of drug-likeness (QED) is 0.319. The summed E-state index contributed by atoms with van der Waals surface area (Å²) in [5, 5.41) is 0. The highest BCUT2D eigenvalue weighted by molar-refractivity contribution is 6.04. The summed E-state index contributed by atoms with van der Waals surface area (Å²) in [5.41, 5.74) is 1.89. The Balaban J connectivity index is 1.91. The van der Waals surface area contributed by atoms with Gasteiger partial charge in [-0.25, -0.2) is 0 Å². The van der Waals surface area contributed by atoms with Crippen LogP contribution in [-0.4, -0.2) is 19.0 Å². The standard InChI is InChI=1S/C25H30O3/c1-3-5-17-27-24-11-7-9-21(19-24)13-15-23(26)16-14-22-10-8-12-25(20-22)28-18-6-4-2/h7-16,19-20H,3-6,17-18H2,1-2H3. The van der Waals surface area contributed by atoms with Gasteiger partial charge in [0.15, 0.2) is 5.78 Å². The van der Waals surface area contributed by atoms with Crippen LogP contribution in [0.1, 0.15) is 50.7 Å². The molecule has 0 saturated heterocycles. The highest BCUT2D eigenvalue weighted by Gasteiger charge is 1.97. The highest BCUT2D eigenvalue weighted by atomic mass is 16.5. The van der Waals surface area contributed by atoms with E-state index in [0.29, 0.717) is 13.2 Å². The second kappa shape index (κ2) is 12.6. The number of hydrogen-bond acceptors (Lipinski definition) is 3. The van der Waals surface area contributed by atoms with Gasteiger partial charge in [-0.2, -0.15) is 0 Å². The molecule has 0 aliphatic carbocycles. The van der Waals surface area contributed by atoms with Crippen molar-refractivity contribution in [2.45, 2.75) is 39.5 Å². The molecule has 0 aromatic heterocycles. The molecule has 0 aliphatic heterocycles. The summed E-state index contributed by atoms with van der Waals surface area (Å²) in [7, 11) is 0. The smallest absolute Gasteiger partial charge is 0.178 e. The summed E-state index contributed by atoms with van der Waals surface area (Å²) in [5.74, 6) is 1.60. The molecule has 0 atom stereocenters. The fourth-order valence-electron chi connectivity index (χ4n) is 2.50. The molecule has 2 rings (SSSR count). The number of carbonyl (C=O) groups is 1. The number of rotatable bonds is 12. The minimum atomic E-state index is -0.0605. The van der Waals surface area contributed by atoms with Crippen molar-refractivity contribution in [1.82, 2.24) is 0 Å². The third-order valence-corrected chi connectivity index (χ3v) is 4.13. The summed E-state index contributed by atoms with van der Waals surface area (Å²) < 4.78 is 11.4. The van der Waals surface area contributed by atoms with Crippen LogP contribution in [0.4, 0.5) is 0 Å². The van der Waals surface area contributed by atoms with Gasteiger partial charge in [-0.3, -0.25) is 4.79 Å². The maximum atomic E-state index is 12.1. The van der Waals surface area contributed by atoms with E-state index >= 15 is 0 Å². The summed E-state index contributed by atoms with van der Waals surface area (Å²) in [6.45, 7) is 5.70. The Hall–Kier alpha value is -2.81. The Morgan fingerprint density at radius 3 is 1.68 bits per heavy atom. The Bertz CT molecular complexity index is 724. The third kappa shape index (κ3) is 8.26. The van der Waals surface area contributed by atoms with Crippen LogP contribution >= 0.6 is 0 Å². The number of carbonyl (C=O) groups excluding carboxylic acids is 1. The minimum Gasteiger partial charge on any atom is -0.494 e. The van der Waals surface area contributed by atoms with Crippen LogP contribution in [0.25, 0.3) is 12.2 Å². The Labute approximate surface area is 168 Å². The molecular formula is C25H30O3. The van der Waals surface area contributed by atoms with E-state index < -0.39 is 0 Å². The monoisotopic (exact) mass is 378 g/mol. The van der Waals surface area contributed by atoms with Gasteiger partial charge in [0.2, 0.25) is 0 Å². The third-order valence-electron chi connectivity index (χ3n) is 4.13. The molecule has 28 heavy (non-hydrogen) atoms. The maximum Gasteiger partial charge on any atom is 0.178 e. The molecule has 0 spiro atoms. The lowest BCUT2D eigenvalue weighted by Crippen LogP contribution is -1.96. The lowest BCUT2D eigenvalue weighted by atomic mass is 10.1. The summed E-state index contributed by atoms with van der Waals surface area (Å²) in [6.07, 6.45) is 11.0. The van der Waals surface area contributed by atoms with Crippen molar-refractivity contribution < 1.29 is 14.3 Å². The van der Waals surface area contributed by atoms with E-state index in [-0.39, 0.29) is 5.78 Å².